The highest BCUT2D eigenvalue weighted by Crippen LogP contribution is 2.42. The van der Waals surface area contributed by atoms with Gasteiger partial charge < -0.3 is 4.90 Å². The highest BCUT2D eigenvalue weighted by molar-refractivity contribution is 7.89. The highest BCUT2D eigenvalue weighted by atomic mass is 32.2. The maximum Gasteiger partial charge on any atom is 0.416 e. The van der Waals surface area contributed by atoms with Crippen molar-refractivity contribution >= 4 is 26.6 Å². The van der Waals surface area contributed by atoms with E-state index in [0.29, 0.717) is 35.6 Å². The second-order valence-electron chi connectivity index (χ2n) is 6.49. The average Bonchev–Trinajstić information content (AvgIpc) is 2.98. The zero-order valence-corrected chi connectivity index (χ0v) is 16.6. The highest BCUT2D eigenvalue weighted by Gasteiger charge is 2.31. The number of benzene rings is 2. The lowest BCUT2D eigenvalue weighted by Gasteiger charge is -2.23. The van der Waals surface area contributed by atoms with Gasteiger partial charge in [0.05, 0.1) is 28.7 Å². The molecule has 0 unspecified atom stereocenters. The minimum absolute atomic E-state index is 0.376. The molecule has 4 nitrogen and oxygen atoms in total. The van der Waals surface area contributed by atoms with Crippen LogP contribution < -0.4 is 4.90 Å². The Kier molecular flexibility index (Phi) is 5.18. The fourth-order valence-corrected chi connectivity index (χ4v) is 4.51. The number of fused-ring (bicyclic) bond motifs is 1. The van der Waals surface area contributed by atoms with Gasteiger partial charge >= 0.3 is 6.18 Å². The quantitative estimate of drug-likeness (QED) is 0.596. The topological polar surface area (TPSA) is 42.3 Å². The number of para-hydroxylation sites is 1. The number of halogens is 3. The van der Waals surface area contributed by atoms with Crippen molar-refractivity contribution < 1.29 is 21.6 Å². The van der Waals surface area contributed by atoms with E-state index in [9.17, 15) is 21.6 Å². The maximum absolute atomic E-state index is 13.0. The third kappa shape index (κ3) is 3.48. The van der Waals surface area contributed by atoms with Crippen molar-refractivity contribution in [3.63, 3.8) is 0 Å². The number of rotatable bonds is 5. The van der Waals surface area contributed by atoms with Crippen LogP contribution in [-0.4, -0.2) is 31.7 Å². The van der Waals surface area contributed by atoms with Gasteiger partial charge in [-0.1, -0.05) is 30.3 Å². The molecule has 150 valence electrons. The summed E-state index contributed by atoms with van der Waals surface area (Å²) in [6.45, 7) is 5.16. The Balaban J connectivity index is 2.41. The number of hydrogen-bond donors (Lipinski definition) is 0. The number of aromatic nitrogens is 1. The first kappa shape index (κ1) is 20.3. The number of alkyl halides is 3. The third-order valence-corrected chi connectivity index (χ3v) is 5.74. The Hall–Kier alpha value is -2.48. The number of hydrogen-bond acceptors (Lipinski definition) is 3. The Morgan fingerprint density at radius 1 is 0.964 bits per heavy atom. The summed E-state index contributed by atoms with van der Waals surface area (Å²) < 4.78 is 65.4. The van der Waals surface area contributed by atoms with Gasteiger partial charge in [-0.15, -0.1) is 0 Å². The zero-order valence-electron chi connectivity index (χ0n) is 15.8. The lowest BCUT2D eigenvalue weighted by Crippen LogP contribution is -2.23. The van der Waals surface area contributed by atoms with Crippen molar-refractivity contribution in [3.8, 4) is 11.3 Å². The summed E-state index contributed by atoms with van der Waals surface area (Å²) in [7, 11) is -3.71. The Morgan fingerprint density at radius 2 is 1.54 bits per heavy atom. The molecule has 0 aliphatic heterocycles. The van der Waals surface area contributed by atoms with E-state index < -0.39 is 21.8 Å². The molecule has 3 aromatic rings. The lowest BCUT2D eigenvalue weighted by atomic mass is 10.1. The van der Waals surface area contributed by atoms with Gasteiger partial charge in [-0.05, 0) is 32.0 Å². The van der Waals surface area contributed by atoms with Crippen molar-refractivity contribution in [1.29, 1.82) is 0 Å². The smallest absolute Gasteiger partial charge is 0.370 e. The molecule has 0 radical (unpaired) electrons. The second-order valence-corrected chi connectivity index (χ2v) is 8.32. The van der Waals surface area contributed by atoms with Crippen molar-refractivity contribution in [2.45, 2.75) is 20.0 Å². The first-order valence-corrected chi connectivity index (χ1v) is 10.7. The molecule has 0 spiro atoms. The zero-order chi connectivity index (χ0) is 20.7. The largest absolute Gasteiger partial charge is 0.416 e. The van der Waals surface area contributed by atoms with Gasteiger partial charge in [0, 0.05) is 24.0 Å². The molecule has 2 aromatic carbocycles. The molecular weight excluding hydrogens is 389 g/mol. The molecule has 0 fully saturated rings. The summed E-state index contributed by atoms with van der Waals surface area (Å²) in [4.78, 5) is 2.01. The van der Waals surface area contributed by atoms with Crippen LogP contribution in [0.2, 0.25) is 0 Å². The van der Waals surface area contributed by atoms with E-state index in [0.717, 1.165) is 23.8 Å². The lowest BCUT2D eigenvalue weighted by molar-refractivity contribution is -0.137. The van der Waals surface area contributed by atoms with Crippen LogP contribution in [0.5, 0.6) is 0 Å². The molecule has 28 heavy (non-hydrogen) atoms. The van der Waals surface area contributed by atoms with Crippen LogP contribution in [-0.2, 0) is 16.2 Å². The van der Waals surface area contributed by atoms with Crippen LogP contribution in [0.15, 0.2) is 48.5 Å². The van der Waals surface area contributed by atoms with Gasteiger partial charge in [0.1, 0.15) is 0 Å². The van der Waals surface area contributed by atoms with E-state index in [1.54, 1.807) is 12.1 Å². The number of anilines is 1. The molecular formula is C20H21F3N2O2S. The van der Waals surface area contributed by atoms with Crippen LogP contribution in [0.1, 0.15) is 19.4 Å². The van der Waals surface area contributed by atoms with Crippen LogP contribution in [0.4, 0.5) is 18.9 Å². The van der Waals surface area contributed by atoms with Gasteiger partial charge in [0.15, 0.2) is 0 Å². The molecule has 0 saturated heterocycles. The summed E-state index contributed by atoms with van der Waals surface area (Å²) in [5.74, 6) is 0. The van der Waals surface area contributed by atoms with Crippen LogP contribution in [0.25, 0.3) is 22.2 Å². The normalized spacial score (nSPS) is 12.5. The Bertz CT molecular complexity index is 1100. The van der Waals surface area contributed by atoms with Crippen LogP contribution in [0.3, 0.4) is 0 Å². The molecule has 3 rings (SSSR count). The van der Waals surface area contributed by atoms with E-state index in [4.69, 9.17) is 0 Å². The minimum Gasteiger partial charge on any atom is -0.370 e. The molecule has 0 N–H and O–H groups in total. The fourth-order valence-electron chi connectivity index (χ4n) is 3.47. The van der Waals surface area contributed by atoms with E-state index in [1.807, 2.05) is 30.9 Å². The molecule has 0 aliphatic carbocycles. The van der Waals surface area contributed by atoms with Crippen molar-refractivity contribution in [1.82, 2.24) is 3.97 Å². The molecule has 0 aliphatic rings. The van der Waals surface area contributed by atoms with E-state index in [2.05, 4.69) is 0 Å². The maximum atomic E-state index is 13.0. The van der Waals surface area contributed by atoms with Gasteiger partial charge in [0.2, 0.25) is 10.0 Å². The molecule has 1 aromatic heterocycles. The van der Waals surface area contributed by atoms with Crippen molar-refractivity contribution in [2.75, 3.05) is 24.2 Å². The Labute approximate surface area is 162 Å². The molecule has 0 atom stereocenters. The molecule has 0 saturated carbocycles. The SMILES string of the molecule is CCN(CC)c1c(-c2ccc(C(F)(F)F)cc2)n(S(C)(=O)=O)c2ccccc12. The Morgan fingerprint density at radius 3 is 2.04 bits per heavy atom. The standard InChI is InChI=1S/C20H21F3N2O2S/c1-4-24(5-2)19-16-8-6-7-9-17(16)25(28(3,26)27)18(19)14-10-12-15(13-11-14)20(21,22)23/h6-13H,4-5H2,1-3H3. The minimum atomic E-state index is -4.45. The second kappa shape index (κ2) is 7.16. The predicted molar refractivity (Wildman–Crippen MR) is 106 cm³/mol. The van der Waals surface area contributed by atoms with Gasteiger partial charge in [-0.3, -0.25) is 0 Å². The van der Waals surface area contributed by atoms with E-state index in [-0.39, 0.29) is 0 Å². The molecule has 0 bridgehead atoms. The number of nitrogens with zero attached hydrogens (tertiary/aromatic N) is 2. The predicted octanol–water partition coefficient (Wildman–Crippen LogP) is 4.98. The van der Waals surface area contributed by atoms with Crippen LogP contribution in [0, 0.1) is 0 Å². The summed E-state index contributed by atoms with van der Waals surface area (Å²) in [6, 6.07) is 11.7. The third-order valence-electron chi connectivity index (χ3n) is 4.70. The average molecular weight is 410 g/mol. The fraction of sp³-hybridized carbons (Fsp3) is 0.300. The summed E-state index contributed by atoms with van der Waals surface area (Å²) in [5.41, 5.74) is 1.22. The summed E-state index contributed by atoms with van der Waals surface area (Å²) >= 11 is 0. The van der Waals surface area contributed by atoms with Gasteiger partial charge in [-0.2, -0.15) is 13.2 Å². The first-order valence-electron chi connectivity index (χ1n) is 8.86. The van der Waals surface area contributed by atoms with Crippen molar-refractivity contribution in [3.05, 3.63) is 54.1 Å². The summed E-state index contributed by atoms with van der Waals surface area (Å²) in [6.07, 6.45) is -3.36. The monoisotopic (exact) mass is 410 g/mol. The van der Waals surface area contributed by atoms with E-state index in [1.165, 1.54) is 16.1 Å². The first-order chi connectivity index (χ1) is 13.1. The molecule has 8 heteroatoms. The van der Waals surface area contributed by atoms with Gasteiger partial charge in [0.25, 0.3) is 0 Å². The molecule has 0 amide bonds. The van der Waals surface area contributed by atoms with Crippen LogP contribution >= 0.6 is 0 Å². The summed E-state index contributed by atoms with van der Waals surface area (Å²) in [5, 5.41) is 0.742. The van der Waals surface area contributed by atoms with Crippen molar-refractivity contribution in [2.24, 2.45) is 0 Å². The van der Waals surface area contributed by atoms with Gasteiger partial charge in [-0.25, -0.2) is 12.4 Å². The van der Waals surface area contributed by atoms with E-state index >= 15 is 0 Å². The molecule has 1 heterocycles.